The Morgan fingerprint density at radius 3 is 2.86 bits per heavy atom. The van der Waals surface area contributed by atoms with E-state index in [0.29, 0.717) is 0 Å². The fourth-order valence-corrected chi connectivity index (χ4v) is 2.88. The smallest absolute Gasteiger partial charge is 0.111 e. The number of hydrogen-bond donors (Lipinski definition) is 1. The Kier molecular flexibility index (Phi) is 2.57. The van der Waals surface area contributed by atoms with Crippen LogP contribution in [0.2, 0.25) is 0 Å². The maximum atomic E-state index is 4.64. The first-order valence-electron chi connectivity index (χ1n) is 7.06. The van der Waals surface area contributed by atoms with E-state index in [0.717, 1.165) is 29.0 Å². The first-order valence-corrected chi connectivity index (χ1v) is 7.06. The summed E-state index contributed by atoms with van der Waals surface area (Å²) < 4.78 is 1.93. The molecular formula is C17H16N4. The van der Waals surface area contributed by atoms with Crippen molar-refractivity contribution in [2.45, 2.75) is 13.3 Å². The third-order valence-corrected chi connectivity index (χ3v) is 3.91. The van der Waals surface area contributed by atoms with Gasteiger partial charge in [0.05, 0.1) is 22.2 Å². The summed E-state index contributed by atoms with van der Waals surface area (Å²) in [5.74, 6) is 0.997. The van der Waals surface area contributed by atoms with E-state index >= 15 is 0 Å². The standard InChI is InChI=1S/C17H16N4/c1-11-13-9-12(7-8-16(13)21(2)20-11)10-17-18-14-5-3-4-6-15(14)19-17/h3-9H,10H2,1-2H3,(H,18,19). The van der Waals surface area contributed by atoms with Gasteiger partial charge in [-0.3, -0.25) is 4.68 Å². The van der Waals surface area contributed by atoms with Crippen LogP contribution in [0.3, 0.4) is 0 Å². The fraction of sp³-hybridized carbons (Fsp3) is 0.176. The number of nitrogens with one attached hydrogen (secondary N) is 1. The molecule has 0 aliphatic rings. The Morgan fingerprint density at radius 1 is 1.14 bits per heavy atom. The van der Waals surface area contributed by atoms with Crippen molar-refractivity contribution in [2.75, 3.05) is 0 Å². The Balaban J connectivity index is 1.74. The molecule has 0 bridgehead atoms. The van der Waals surface area contributed by atoms with Crippen molar-refractivity contribution >= 4 is 21.9 Å². The average molecular weight is 276 g/mol. The number of H-pyrrole nitrogens is 1. The number of aryl methyl sites for hydroxylation is 2. The van der Waals surface area contributed by atoms with Gasteiger partial charge >= 0.3 is 0 Å². The topological polar surface area (TPSA) is 46.5 Å². The van der Waals surface area contributed by atoms with Crippen LogP contribution >= 0.6 is 0 Å². The lowest BCUT2D eigenvalue weighted by atomic mass is 10.1. The van der Waals surface area contributed by atoms with E-state index in [4.69, 9.17) is 0 Å². The van der Waals surface area contributed by atoms with E-state index < -0.39 is 0 Å². The fourth-order valence-electron chi connectivity index (χ4n) is 2.88. The number of rotatable bonds is 2. The lowest BCUT2D eigenvalue weighted by Gasteiger charge is -2.00. The van der Waals surface area contributed by atoms with Gasteiger partial charge in [0, 0.05) is 18.9 Å². The summed E-state index contributed by atoms with van der Waals surface area (Å²) in [6.45, 7) is 2.05. The molecule has 1 N–H and O–H groups in total. The second-order valence-electron chi connectivity index (χ2n) is 5.44. The van der Waals surface area contributed by atoms with Crippen molar-refractivity contribution in [1.82, 2.24) is 19.7 Å². The molecule has 0 radical (unpaired) electrons. The number of benzene rings is 2. The molecule has 21 heavy (non-hydrogen) atoms. The summed E-state index contributed by atoms with van der Waals surface area (Å²) in [7, 11) is 1.98. The highest BCUT2D eigenvalue weighted by atomic mass is 15.3. The molecule has 0 unspecified atom stereocenters. The highest BCUT2D eigenvalue weighted by Gasteiger charge is 2.08. The van der Waals surface area contributed by atoms with Crippen molar-refractivity contribution in [3.05, 3.63) is 59.5 Å². The van der Waals surface area contributed by atoms with Crippen LogP contribution in [0.4, 0.5) is 0 Å². The second-order valence-corrected chi connectivity index (χ2v) is 5.44. The number of aromatic nitrogens is 4. The third-order valence-electron chi connectivity index (χ3n) is 3.91. The monoisotopic (exact) mass is 276 g/mol. The van der Waals surface area contributed by atoms with Gasteiger partial charge in [-0.05, 0) is 36.8 Å². The zero-order valence-electron chi connectivity index (χ0n) is 12.1. The molecule has 0 spiro atoms. The zero-order chi connectivity index (χ0) is 14.4. The number of hydrogen-bond acceptors (Lipinski definition) is 2. The van der Waals surface area contributed by atoms with Crippen LogP contribution in [0.1, 0.15) is 17.1 Å². The molecule has 4 nitrogen and oxygen atoms in total. The van der Waals surface area contributed by atoms with Crippen molar-refractivity contribution < 1.29 is 0 Å². The predicted molar refractivity (Wildman–Crippen MR) is 84.4 cm³/mol. The maximum Gasteiger partial charge on any atom is 0.111 e. The first kappa shape index (κ1) is 12.1. The van der Waals surface area contributed by atoms with E-state index in [2.05, 4.69) is 39.3 Å². The lowest BCUT2D eigenvalue weighted by Crippen LogP contribution is -1.92. The van der Waals surface area contributed by atoms with Crippen LogP contribution in [0.25, 0.3) is 21.9 Å². The Morgan fingerprint density at radius 2 is 2.00 bits per heavy atom. The minimum Gasteiger partial charge on any atom is -0.342 e. The van der Waals surface area contributed by atoms with E-state index in [-0.39, 0.29) is 0 Å². The number of para-hydroxylation sites is 2. The normalized spacial score (nSPS) is 11.5. The van der Waals surface area contributed by atoms with E-state index in [1.165, 1.54) is 16.5 Å². The Labute approximate surface area is 122 Å². The molecule has 0 saturated carbocycles. The molecule has 0 atom stereocenters. The van der Waals surface area contributed by atoms with Gasteiger partial charge in [-0.1, -0.05) is 18.2 Å². The molecule has 0 aliphatic heterocycles. The van der Waals surface area contributed by atoms with E-state index in [9.17, 15) is 0 Å². The second kappa shape index (κ2) is 4.45. The lowest BCUT2D eigenvalue weighted by molar-refractivity contribution is 0.783. The van der Waals surface area contributed by atoms with Gasteiger partial charge in [0.15, 0.2) is 0 Å². The quantitative estimate of drug-likeness (QED) is 0.610. The van der Waals surface area contributed by atoms with Crippen LogP contribution in [0.15, 0.2) is 42.5 Å². The molecule has 2 aromatic carbocycles. The summed E-state index contributed by atoms with van der Waals surface area (Å²) in [5, 5.41) is 5.68. The van der Waals surface area contributed by atoms with Crippen LogP contribution in [0.5, 0.6) is 0 Å². The van der Waals surface area contributed by atoms with Crippen LogP contribution in [0, 0.1) is 6.92 Å². The number of nitrogens with zero attached hydrogens (tertiary/aromatic N) is 3. The molecule has 104 valence electrons. The molecule has 4 rings (SSSR count). The molecule has 0 saturated heterocycles. The average Bonchev–Trinajstić information content (AvgIpc) is 3.00. The maximum absolute atomic E-state index is 4.64. The zero-order valence-corrected chi connectivity index (χ0v) is 12.1. The van der Waals surface area contributed by atoms with Gasteiger partial charge in [-0.2, -0.15) is 5.10 Å². The van der Waals surface area contributed by atoms with Crippen molar-refractivity contribution in [3.8, 4) is 0 Å². The summed E-state index contributed by atoms with van der Waals surface area (Å²) in [4.78, 5) is 8.02. The van der Waals surface area contributed by atoms with Gasteiger partial charge in [0.25, 0.3) is 0 Å². The van der Waals surface area contributed by atoms with Crippen molar-refractivity contribution in [2.24, 2.45) is 7.05 Å². The summed E-state index contributed by atoms with van der Waals surface area (Å²) in [6.07, 6.45) is 0.805. The minimum atomic E-state index is 0.805. The number of aromatic amines is 1. The largest absolute Gasteiger partial charge is 0.342 e. The van der Waals surface area contributed by atoms with Gasteiger partial charge in [0.2, 0.25) is 0 Å². The van der Waals surface area contributed by atoms with E-state index in [1.807, 2.05) is 36.9 Å². The van der Waals surface area contributed by atoms with Crippen LogP contribution < -0.4 is 0 Å². The molecule has 0 amide bonds. The van der Waals surface area contributed by atoms with Crippen LogP contribution in [-0.2, 0) is 13.5 Å². The van der Waals surface area contributed by atoms with Gasteiger partial charge in [-0.15, -0.1) is 0 Å². The number of fused-ring (bicyclic) bond motifs is 2. The molecule has 4 aromatic rings. The predicted octanol–water partition coefficient (Wildman–Crippen LogP) is 3.35. The Hall–Kier alpha value is -2.62. The summed E-state index contributed by atoms with van der Waals surface area (Å²) >= 11 is 0. The molecule has 2 aromatic heterocycles. The highest BCUT2D eigenvalue weighted by molar-refractivity contribution is 5.82. The molecule has 4 heteroatoms. The first-order chi connectivity index (χ1) is 10.2. The SMILES string of the molecule is Cc1nn(C)c2ccc(Cc3nc4ccccc4[nH]3)cc12. The summed E-state index contributed by atoms with van der Waals surface area (Å²) in [6, 6.07) is 14.6. The van der Waals surface area contributed by atoms with Gasteiger partial charge < -0.3 is 4.98 Å². The van der Waals surface area contributed by atoms with Crippen LogP contribution in [-0.4, -0.2) is 19.7 Å². The molecule has 0 aliphatic carbocycles. The van der Waals surface area contributed by atoms with Gasteiger partial charge in [-0.25, -0.2) is 4.98 Å². The van der Waals surface area contributed by atoms with Crippen molar-refractivity contribution in [1.29, 1.82) is 0 Å². The number of imidazole rings is 1. The third kappa shape index (κ3) is 2.00. The highest BCUT2D eigenvalue weighted by Crippen LogP contribution is 2.21. The molecule has 0 fully saturated rings. The van der Waals surface area contributed by atoms with Crippen molar-refractivity contribution in [3.63, 3.8) is 0 Å². The summed E-state index contributed by atoms with van der Waals surface area (Å²) in [5.41, 5.74) is 5.59. The molecular weight excluding hydrogens is 260 g/mol. The minimum absolute atomic E-state index is 0.805. The molecule has 2 heterocycles. The Bertz CT molecular complexity index is 913. The van der Waals surface area contributed by atoms with Gasteiger partial charge in [0.1, 0.15) is 5.82 Å². The van der Waals surface area contributed by atoms with E-state index in [1.54, 1.807) is 0 Å².